The van der Waals surface area contributed by atoms with E-state index in [2.05, 4.69) is 116 Å². The summed E-state index contributed by atoms with van der Waals surface area (Å²) in [6, 6.07) is 39.4. The highest BCUT2D eigenvalue weighted by Crippen LogP contribution is 2.50. The monoisotopic (exact) mass is 626 g/mol. The molecule has 47 heavy (non-hydrogen) atoms. The molecule has 0 heterocycles. The third kappa shape index (κ3) is 8.10. The largest absolute Gasteiger partial charge is 0.320 e. The van der Waals surface area contributed by atoms with Gasteiger partial charge < -0.3 is 11.5 Å². The Morgan fingerprint density at radius 2 is 0.936 bits per heavy atom. The fourth-order valence-corrected chi connectivity index (χ4v) is 9.06. The first-order valence-corrected chi connectivity index (χ1v) is 18.9. The van der Waals surface area contributed by atoms with Crippen LogP contribution >= 0.6 is 0 Å². The third-order valence-electron chi connectivity index (χ3n) is 12.1. The van der Waals surface area contributed by atoms with Crippen LogP contribution < -0.4 is 11.5 Å². The lowest BCUT2D eigenvalue weighted by Gasteiger charge is -2.45. The Morgan fingerprint density at radius 3 is 1.40 bits per heavy atom. The highest BCUT2D eigenvalue weighted by molar-refractivity contribution is 5.44. The van der Waals surface area contributed by atoms with Crippen LogP contribution in [0, 0.1) is 17.8 Å². The zero-order chi connectivity index (χ0) is 32.5. The number of rotatable bonds is 13. The molecule has 0 bridgehead atoms. The third-order valence-corrected chi connectivity index (χ3v) is 12.1. The first-order valence-electron chi connectivity index (χ1n) is 18.9. The van der Waals surface area contributed by atoms with Crippen LogP contribution in [0.2, 0.25) is 0 Å². The molecule has 0 aliphatic heterocycles. The van der Waals surface area contributed by atoms with E-state index in [9.17, 15) is 0 Å². The van der Waals surface area contributed by atoms with E-state index in [0.717, 1.165) is 28.9 Å². The minimum absolute atomic E-state index is 0.0247. The summed E-state index contributed by atoms with van der Waals surface area (Å²) >= 11 is 0. The summed E-state index contributed by atoms with van der Waals surface area (Å²) in [7, 11) is 0. The van der Waals surface area contributed by atoms with Crippen molar-refractivity contribution in [3.8, 4) is 0 Å². The Labute approximate surface area is 285 Å². The van der Waals surface area contributed by atoms with E-state index in [0.29, 0.717) is 0 Å². The van der Waals surface area contributed by atoms with E-state index in [1.807, 2.05) is 0 Å². The lowest BCUT2D eigenvalue weighted by molar-refractivity contribution is 0.140. The van der Waals surface area contributed by atoms with Crippen LogP contribution in [0.5, 0.6) is 0 Å². The molecule has 4 aromatic rings. The van der Waals surface area contributed by atoms with Crippen LogP contribution in [0.4, 0.5) is 0 Å². The summed E-state index contributed by atoms with van der Waals surface area (Å²) in [5.41, 5.74) is 21.0. The van der Waals surface area contributed by atoms with E-state index in [4.69, 9.17) is 11.5 Å². The Morgan fingerprint density at radius 1 is 0.511 bits per heavy atom. The van der Waals surface area contributed by atoms with E-state index >= 15 is 0 Å². The molecule has 2 nitrogen and oxygen atoms in total. The Kier molecular flexibility index (Phi) is 11.7. The molecule has 2 atom stereocenters. The molecule has 6 rings (SSSR count). The molecule has 0 spiro atoms. The highest BCUT2D eigenvalue weighted by atomic mass is 14.6. The van der Waals surface area contributed by atoms with Crippen molar-refractivity contribution in [3.05, 3.63) is 143 Å². The van der Waals surface area contributed by atoms with Crippen molar-refractivity contribution >= 4 is 0 Å². The summed E-state index contributed by atoms with van der Waals surface area (Å²) in [4.78, 5) is 0. The SMILES string of the molecule is CCCCCCCC1CCC(C2CCC(c3ccc(C(N)c4ccccc4)cc3)(c3ccc(C(N)c4ccccc4)cc3)CC2)CC1. The zero-order valence-corrected chi connectivity index (χ0v) is 28.8. The van der Waals surface area contributed by atoms with Gasteiger partial charge in [-0.15, -0.1) is 0 Å². The average Bonchev–Trinajstić information content (AvgIpc) is 3.15. The molecule has 4 aromatic carbocycles. The molecule has 4 N–H and O–H groups in total. The van der Waals surface area contributed by atoms with Gasteiger partial charge in [0.05, 0.1) is 12.1 Å². The molecule has 2 unspecified atom stereocenters. The van der Waals surface area contributed by atoms with Crippen molar-refractivity contribution in [1.82, 2.24) is 0 Å². The first-order chi connectivity index (χ1) is 23.1. The number of hydrogen-bond donors (Lipinski definition) is 2. The molecule has 2 heteroatoms. The summed E-state index contributed by atoms with van der Waals surface area (Å²) in [5.74, 6) is 2.77. The average molecular weight is 627 g/mol. The van der Waals surface area contributed by atoms with Gasteiger partial charge in [0.25, 0.3) is 0 Å². The van der Waals surface area contributed by atoms with E-state index in [1.165, 1.54) is 112 Å². The molecular formula is C45H58N2. The molecule has 248 valence electrons. The van der Waals surface area contributed by atoms with Crippen LogP contribution in [0.1, 0.15) is 142 Å². The van der Waals surface area contributed by atoms with Gasteiger partial charge in [-0.1, -0.05) is 167 Å². The Bertz CT molecular complexity index is 1370. The smallest absolute Gasteiger partial charge is 0.0551 e. The summed E-state index contributed by atoms with van der Waals surface area (Å²) in [6.45, 7) is 2.31. The summed E-state index contributed by atoms with van der Waals surface area (Å²) in [6.07, 6.45) is 19.4. The van der Waals surface area contributed by atoms with Gasteiger partial charge in [0, 0.05) is 5.41 Å². The minimum Gasteiger partial charge on any atom is -0.320 e. The van der Waals surface area contributed by atoms with E-state index in [-0.39, 0.29) is 17.5 Å². The molecule has 0 saturated heterocycles. The lowest BCUT2D eigenvalue weighted by Crippen LogP contribution is -2.36. The molecule has 0 aromatic heterocycles. The summed E-state index contributed by atoms with van der Waals surface area (Å²) < 4.78 is 0. The van der Waals surface area contributed by atoms with Crippen molar-refractivity contribution in [3.63, 3.8) is 0 Å². The number of hydrogen-bond acceptors (Lipinski definition) is 2. The second kappa shape index (κ2) is 16.3. The zero-order valence-electron chi connectivity index (χ0n) is 28.8. The number of benzene rings is 4. The molecular weight excluding hydrogens is 569 g/mol. The van der Waals surface area contributed by atoms with Crippen LogP contribution in [0.25, 0.3) is 0 Å². The van der Waals surface area contributed by atoms with Crippen molar-refractivity contribution in [2.45, 2.75) is 114 Å². The topological polar surface area (TPSA) is 52.0 Å². The fourth-order valence-electron chi connectivity index (χ4n) is 9.06. The Hall–Kier alpha value is -3.20. The van der Waals surface area contributed by atoms with E-state index in [1.54, 1.807) is 0 Å². The minimum atomic E-state index is -0.109. The fraction of sp³-hybridized carbons (Fsp3) is 0.467. The van der Waals surface area contributed by atoms with Gasteiger partial charge >= 0.3 is 0 Å². The predicted molar refractivity (Wildman–Crippen MR) is 199 cm³/mol. The maximum Gasteiger partial charge on any atom is 0.0551 e. The van der Waals surface area contributed by atoms with Crippen LogP contribution in [-0.4, -0.2) is 0 Å². The quantitative estimate of drug-likeness (QED) is 0.145. The second-order valence-corrected chi connectivity index (χ2v) is 14.9. The molecule has 2 aliphatic carbocycles. The van der Waals surface area contributed by atoms with Gasteiger partial charge in [-0.05, 0) is 89.7 Å². The molecule has 2 aliphatic rings. The van der Waals surface area contributed by atoms with Gasteiger partial charge in [0.1, 0.15) is 0 Å². The number of unbranched alkanes of at least 4 members (excludes halogenated alkanes) is 4. The standard InChI is InChI=1S/C45H58N2/c1-2-3-4-5-8-13-34-18-20-35(21-19-34)36-30-32-45(33-31-36,41-26-22-39(23-27-41)43(46)37-14-9-6-10-15-37)42-28-24-40(25-29-42)44(47)38-16-11-7-12-17-38/h6-7,9-12,14-17,22-29,34-36,43-44H,2-5,8,13,18-21,30-33,46-47H2,1H3. The Balaban J connectivity index is 1.17. The van der Waals surface area contributed by atoms with Gasteiger partial charge in [0.2, 0.25) is 0 Å². The molecule has 0 radical (unpaired) electrons. The summed E-state index contributed by atoms with van der Waals surface area (Å²) in [5, 5.41) is 0. The second-order valence-electron chi connectivity index (χ2n) is 14.9. The first kappa shape index (κ1) is 33.7. The molecule has 2 saturated carbocycles. The highest BCUT2D eigenvalue weighted by Gasteiger charge is 2.41. The van der Waals surface area contributed by atoms with Crippen LogP contribution in [0.3, 0.4) is 0 Å². The van der Waals surface area contributed by atoms with Crippen molar-refractivity contribution in [1.29, 1.82) is 0 Å². The molecule has 2 fully saturated rings. The normalized spacial score (nSPS) is 24.4. The van der Waals surface area contributed by atoms with Crippen LogP contribution in [0.15, 0.2) is 109 Å². The maximum atomic E-state index is 6.73. The van der Waals surface area contributed by atoms with E-state index < -0.39 is 0 Å². The maximum absolute atomic E-state index is 6.73. The van der Waals surface area contributed by atoms with Gasteiger partial charge in [-0.3, -0.25) is 0 Å². The van der Waals surface area contributed by atoms with Gasteiger partial charge in [-0.25, -0.2) is 0 Å². The van der Waals surface area contributed by atoms with Crippen molar-refractivity contribution in [2.75, 3.05) is 0 Å². The predicted octanol–water partition coefficient (Wildman–Crippen LogP) is 11.4. The molecule has 0 amide bonds. The van der Waals surface area contributed by atoms with Gasteiger partial charge in [-0.2, -0.15) is 0 Å². The van der Waals surface area contributed by atoms with Crippen molar-refractivity contribution in [2.24, 2.45) is 29.2 Å². The number of nitrogens with two attached hydrogens (primary N) is 2. The lowest BCUT2D eigenvalue weighted by atomic mass is 9.59. The van der Waals surface area contributed by atoms with Crippen molar-refractivity contribution < 1.29 is 0 Å². The van der Waals surface area contributed by atoms with Gasteiger partial charge in [0.15, 0.2) is 0 Å². The van der Waals surface area contributed by atoms with Crippen LogP contribution in [-0.2, 0) is 5.41 Å².